The number of aromatic nitrogens is 1. The predicted molar refractivity (Wildman–Crippen MR) is 77.3 cm³/mol. The Bertz CT molecular complexity index is 406. The molecule has 1 fully saturated rings. The number of hydrogen-bond donors (Lipinski definition) is 1. The lowest BCUT2D eigenvalue weighted by Crippen LogP contribution is -2.35. The highest BCUT2D eigenvalue weighted by atomic mass is 32.1. The Morgan fingerprint density at radius 3 is 2.84 bits per heavy atom. The third-order valence-electron chi connectivity index (χ3n) is 3.06. The molecule has 1 unspecified atom stereocenters. The SMILES string of the molecule is COCc1nc(C2CCCO2)sc1CNC(C)(C)C. The van der Waals surface area contributed by atoms with E-state index >= 15 is 0 Å². The molecule has 1 aliphatic rings. The van der Waals surface area contributed by atoms with Gasteiger partial charge in [0.15, 0.2) is 0 Å². The molecule has 1 aliphatic heterocycles. The lowest BCUT2D eigenvalue weighted by atomic mass is 10.1. The molecule has 1 saturated heterocycles. The molecule has 1 N–H and O–H groups in total. The normalized spacial score (nSPS) is 20.1. The molecule has 0 aromatic carbocycles. The molecule has 0 bridgehead atoms. The van der Waals surface area contributed by atoms with Gasteiger partial charge in [-0.1, -0.05) is 0 Å². The number of methoxy groups -OCH3 is 1. The second-order valence-electron chi connectivity index (χ2n) is 5.96. The standard InChI is InChI=1S/C14H24N2O2S/c1-14(2,3)15-8-12-10(9-17-4)16-13(19-12)11-6-5-7-18-11/h11,15H,5-9H2,1-4H3. The van der Waals surface area contributed by atoms with Gasteiger partial charge in [-0.25, -0.2) is 4.98 Å². The van der Waals surface area contributed by atoms with Crippen LogP contribution in [0.5, 0.6) is 0 Å². The molecule has 108 valence electrons. The maximum atomic E-state index is 5.72. The molecule has 0 saturated carbocycles. The van der Waals surface area contributed by atoms with Crippen molar-refractivity contribution in [2.75, 3.05) is 13.7 Å². The number of ether oxygens (including phenoxy) is 2. The molecule has 0 amide bonds. The maximum absolute atomic E-state index is 5.72. The number of thiazole rings is 1. The number of nitrogens with zero attached hydrogens (tertiary/aromatic N) is 1. The molecule has 2 rings (SSSR count). The van der Waals surface area contributed by atoms with Crippen molar-refractivity contribution in [1.29, 1.82) is 0 Å². The second-order valence-corrected chi connectivity index (χ2v) is 7.08. The van der Waals surface area contributed by atoms with Crippen LogP contribution in [0.2, 0.25) is 0 Å². The summed E-state index contributed by atoms with van der Waals surface area (Å²) in [6, 6.07) is 0. The molecule has 0 spiro atoms. The first-order chi connectivity index (χ1) is 8.99. The summed E-state index contributed by atoms with van der Waals surface area (Å²) >= 11 is 1.76. The van der Waals surface area contributed by atoms with Gasteiger partial charge in [0.05, 0.1) is 12.3 Å². The van der Waals surface area contributed by atoms with E-state index in [1.807, 2.05) is 0 Å². The van der Waals surface area contributed by atoms with Crippen molar-refractivity contribution < 1.29 is 9.47 Å². The molecule has 0 radical (unpaired) electrons. The zero-order valence-electron chi connectivity index (χ0n) is 12.3. The van der Waals surface area contributed by atoms with Crippen molar-refractivity contribution in [3.8, 4) is 0 Å². The van der Waals surface area contributed by atoms with Gasteiger partial charge in [-0.05, 0) is 33.6 Å². The molecule has 1 aromatic rings. The van der Waals surface area contributed by atoms with Crippen molar-refractivity contribution in [3.05, 3.63) is 15.6 Å². The van der Waals surface area contributed by atoms with Gasteiger partial charge in [-0.15, -0.1) is 11.3 Å². The molecular formula is C14H24N2O2S. The minimum absolute atomic E-state index is 0.109. The number of hydrogen-bond acceptors (Lipinski definition) is 5. The van der Waals surface area contributed by atoms with Gasteiger partial charge in [0.2, 0.25) is 0 Å². The largest absolute Gasteiger partial charge is 0.378 e. The molecule has 4 nitrogen and oxygen atoms in total. The Kier molecular flexibility index (Phi) is 4.95. The summed E-state index contributed by atoms with van der Waals surface area (Å²) < 4.78 is 11.0. The van der Waals surface area contributed by atoms with Gasteiger partial charge in [-0.2, -0.15) is 0 Å². The van der Waals surface area contributed by atoms with Crippen LogP contribution in [0, 0.1) is 0 Å². The average Bonchev–Trinajstić information content (AvgIpc) is 2.94. The lowest BCUT2D eigenvalue weighted by Gasteiger charge is -2.20. The van der Waals surface area contributed by atoms with E-state index in [1.54, 1.807) is 18.4 Å². The minimum Gasteiger partial charge on any atom is -0.378 e. The Morgan fingerprint density at radius 2 is 2.26 bits per heavy atom. The van der Waals surface area contributed by atoms with Crippen LogP contribution in [0.4, 0.5) is 0 Å². The van der Waals surface area contributed by atoms with Crippen LogP contribution in [0.15, 0.2) is 0 Å². The monoisotopic (exact) mass is 284 g/mol. The van der Waals surface area contributed by atoms with Crippen LogP contribution < -0.4 is 5.32 Å². The van der Waals surface area contributed by atoms with E-state index in [9.17, 15) is 0 Å². The summed E-state index contributed by atoms with van der Waals surface area (Å²) in [6.07, 6.45) is 2.43. The zero-order valence-corrected chi connectivity index (χ0v) is 13.1. The first-order valence-electron chi connectivity index (χ1n) is 6.83. The first-order valence-corrected chi connectivity index (χ1v) is 7.65. The van der Waals surface area contributed by atoms with Crippen LogP contribution in [-0.4, -0.2) is 24.2 Å². The van der Waals surface area contributed by atoms with E-state index in [2.05, 4.69) is 26.1 Å². The first kappa shape index (κ1) is 14.9. The summed E-state index contributed by atoms with van der Waals surface area (Å²) in [7, 11) is 1.71. The summed E-state index contributed by atoms with van der Waals surface area (Å²) in [4.78, 5) is 5.98. The summed E-state index contributed by atoms with van der Waals surface area (Å²) in [5.74, 6) is 0. The van der Waals surface area contributed by atoms with Gasteiger partial charge >= 0.3 is 0 Å². The number of rotatable bonds is 5. The highest BCUT2D eigenvalue weighted by Gasteiger charge is 2.23. The predicted octanol–water partition coefficient (Wildman–Crippen LogP) is 3.03. The summed E-state index contributed by atoms with van der Waals surface area (Å²) in [6.45, 7) is 8.79. The van der Waals surface area contributed by atoms with Gasteiger partial charge < -0.3 is 14.8 Å². The Labute approximate surface area is 119 Å². The van der Waals surface area contributed by atoms with Crippen LogP contribution in [0.25, 0.3) is 0 Å². The molecule has 1 atom stereocenters. The highest BCUT2D eigenvalue weighted by molar-refractivity contribution is 7.11. The van der Waals surface area contributed by atoms with Crippen molar-refractivity contribution in [1.82, 2.24) is 10.3 Å². The second kappa shape index (κ2) is 6.31. The summed E-state index contributed by atoms with van der Waals surface area (Å²) in [5.41, 5.74) is 1.16. The van der Waals surface area contributed by atoms with E-state index in [4.69, 9.17) is 14.5 Å². The quantitative estimate of drug-likeness (QED) is 0.902. The number of nitrogens with one attached hydrogen (secondary N) is 1. The fraction of sp³-hybridized carbons (Fsp3) is 0.786. The van der Waals surface area contributed by atoms with E-state index < -0.39 is 0 Å². The Morgan fingerprint density at radius 1 is 1.47 bits per heavy atom. The fourth-order valence-corrected chi connectivity index (χ4v) is 3.14. The van der Waals surface area contributed by atoms with Crippen molar-refractivity contribution in [3.63, 3.8) is 0 Å². The van der Waals surface area contributed by atoms with Crippen molar-refractivity contribution in [2.45, 2.75) is 58.4 Å². The highest BCUT2D eigenvalue weighted by Crippen LogP contribution is 2.33. The van der Waals surface area contributed by atoms with Crippen LogP contribution in [0.3, 0.4) is 0 Å². The van der Waals surface area contributed by atoms with E-state index in [1.165, 1.54) is 4.88 Å². The molecule has 19 heavy (non-hydrogen) atoms. The van der Waals surface area contributed by atoms with Crippen molar-refractivity contribution >= 4 is 11.3 Å². The fourth-order valence-electron chi connectivity index (χ4n) is 2.05. The van der Waals surface area contributed by atoms with Gasteiger partial charge in [0.1, 0.15) is 11.1 Å². The third-order valence-corrected chi connectivity index (χ3v) is 4.25. The van der Waals surface area contributed by atoms with Crippen LogP contribution >= 0.6 is 11.3 Å². The van der Waals surface area contributed by atoms with E-state index in [0.29, 0.717) is 6.61 Å². The maximum Gasteiger partial charge on any atom is 0.122 e. The molecule has 5 heteroatoms. The van der Waals surface area contributed by atoms with Crippen LogP contribution in [-0.2, 0) is 22.6 Å². The van der Waals surface area contributed by atoms with Gasteiger partial charge in [0.25, 0.3) is 0 Å². The molecule has 0 aliphatic carbocycles. The zero-order chi connectivity index (χ0) is 13.9. The lowest BCUT2D eigenvalue weighted by molar-refractivity contribution is 0.111. The van der Waals surface area contributed by atoms with E-state index in [-0.39, 0.29) is 11.6 Å². The average molecular weight is 284 g/mol. The van der Waals surface area contributed by atoms with Crippen molar-refractivity contribution in [2.24, 2.45) is 0 Å². The Hall–Kier alpha value is -0.490. The minimum atomic E-state index is 0.109. The smallest absolute Gasteiger partial charge is 0.122 e. The van der Waals surface area contributed by atoms with Gasteiger partial charge in [-0.3, -0.25) is 0 Å². The molecule has 1 aromatic heterocycles. The van der Waals surface area contributed by atoms with E-state index in [0.717, 1.165) is 36.7 Å². The third kappa shape index (κ3) is 4.24. The topological polar surface area (TPSA) is 43.4 Å². The van der Waals surface area contributed by atoms with Crippen LogP contribution in [0.1, 0.15) is 55.3 Å². The molecule has 2 heterocycles. The van der Waals surface area contributed by atoms with Gasteiger partial charge in [0, 0.05) is 30.7 Å². The molecular weight excluding hydrogens is 260 g/mol. The summed E-state index contributed by atoms with van der Waals surface area (Å²) in [5, 5.41) is 4.62. The Balaban J connectivity index is 2.10.